The molecule has 0 unspecified atom stereocenters. The van der Waals surface area contributed by atoms with Gasteiger partial charge in [0.05, 0.1) is 6.10 Å². The van der Waals surface area contributed by atoms with Crippen molar-refractivity contribution in [1.82, 2.24) is 0 Å². The summed E-state index contributed by atoms with van der Waals surface area (Å²) in [6.45, 7) is 7.51. The molecule has 0 heterocycles. The van der Waals surface area contributed by atoms with Gasteiger partial charge in [-0.15, -0.1) is 0 Å². The molecule has 0 bridgehead atoms. The Labute approximate surface area is 119 Å². The Morgan fingerprint density at radius 1 is 1.21 bits per heavy atom. The number of rotatable bonds is 7. The summed E-state index contributed by atoms with van der Waals surface area (Å²) >= 11 is 0. The van der Waals surface area contributed by atoms with Gasteiger partial charge in [-0.05, 0) is 46.0 Å². The van der Waals surface area contributed by atoms with E-state index < -0.39 is 0 Å². The minimum absolute atomic E-state index is 0.238. The average Bonchev–Trinajstić information content (AvgIpc) is 2.38. The Kier molecular flexibility index (Phi) is 12.3. The van der Waals surface area contributed by atoms with Crippen molar-refractivity contribution in [2.75, 3.05) is 20.3 Å². The van der Waals surface area contributed by atoms with Crippen molar-refractivity contribution < 1.29 is 14.3 Å². The lowest BCUT2D eigenvalue weighted by Crippen LogP contribution is -2.16. The fraction of sp³-hybridized carbons (Fsp3) is 0.938. The summed E-state index contributed by atoms with van der Waals surface area (Å²) in [4.78, 5) is 10.3. The van der Waals surface area contributed by atoms with Crippen LogP contribution in [0, 0.1) is 5.92 Å². The minimum atomic E-state index is 0.238. The van der Waals surface area contributed by atoms with Crippen LogP contribution in [0.2, 0.25) is 0 Å². The molecule has 0 N–H and O–H groups in total. The zero-order valence-electron chi connectivity index (χ0n) is 13.2. The standard InChI is InChI=1S/C10H20O.C6H12O2/c1-9(2)11-8-10-6-4-3-5-7-10;1-6(7)4-3-5-8-2/h9-10H,3-8H2,1-2H3;3-5H2,1-2H3. The summed E-state index contributed by atoms with van der Waals surface area (Å²) in [7, 11) is 1.64. The maximum absolute atomic E-state index is 10.3. The van der Waals surface area contributed by atoms with Crippen molar-refractivity contribution in [3.8, 4) is 0 Å². The molecule has 0 radical (unpaired) electrons. The molecule has 3 heteroatoms. The van der Waals surface area contributed by atoms with Gasteiger partial charge in [0.25, 0.3) is 0 Å². The van der Waals surface area contributed by atoms with Crippen LogP contribution in [-0.4, -0.2) is 32.2 Å². The van der Waals surface area contributed by atoms with Gasteiger partial charge in [-0.2, -0.15) is 0 Å². The molecule has 0 saturated heterocycles. The monoisotopic (exact) mass is 272 g/mol. The second-order valence-electron chi connectivity index (χ2n) is 5.68. The normalized spacial score (nSPS) is 16.1. The quantitative estimate of drug-likeness (QED) is 0.657. The average molecular weight is 272 g/mol. The first-order chi connectivity index (χ1) is 9.06. The van der Waals surface area contributed by atoms with Gasteiger partial charge in [0.2, 0.25) is 0 Å². The first kappa shape index (κ1) is 18.6. The highest BCUT2D eigenvalue weighted by atomic mass is 16.5. The Morgan fingerprint density at radius 3 is 2.32 bits per heavy atom. The van der Waals surface area contributed by atoms with Crippen molar-refractivity contribution in [2.45, 2.75) is 71.8 Å². The Bertz CT molecular complexity index is 208. The van der Waals surface area contributed by atoms with E-state index in [1.807, 2.05) is 0 Å². The lowest BCUT2D eigenvalue weighted by molar-refractivity contribution is -0.117. The molecule has 114 valence electrons. The predicted octanol–water partition coefficient (Wildman–Crippen LogP) is 3.99. The van der Waals surface area contributed by atoms with Gasteiger partial charge in [0, 0.05) is 26.7 Å². The van der Waals surface area contributed by atoms with E-state index >= 15 is 0 Å². The van der Waals surface area contributed by atoms with Crippen molar-refractivity contribution in [3.05, 3.63) is 0 Å². The zero-order valence-corrected chi connectivity index (χ0v) is 13.2. The van der Waals surface area contributed by atoms with Crippen LogP contribution in [0.5, 0.6) is 0 Å². The van der Waals surface area contributed by atoms with Crippen LogP contribution in [0.15, 0.2) is 0 Å². The Morgan fingerprint density at radius 2 is 1.84 bits per heavy atom. The van der Waals surface area contributed by atoms with E-state index in [0.29, 0.717) is 19.1 Å². The summed E-state index contributed by atoms with van der Waals surface area (Å²) in [5, 5.41) is 0. The van der Waals surface area contributed by atoms with Crippen LogP contribution in [0.25, 0.3) is 0 Å². The number of hydrogen-bond acceptors (Lipinski definition) is 3. The fourth-order valence-electron chi connectivity index (χ4n) is 2.15. The van der Waals surface area contributed by atoms with Crippen LogP contribution in [0.1, 0.15) is 65.7 Å². The molecule has 1 fully saturated rings. The van der Waals surface area contributed by atoms with Crippen LogP contribution >= 0.6 is 0 Å². The second-order valence-corrected chi connectivity index (χ2v) is 5.68. The zero-order chi connectivity index (χ0) is 14.5. The highest BCUT2D eigenvalue weighted by Crippen LogP contribution is 2.23. The largest absolute Gasteiger partial charge is 0.385 e. The van der Waals surface area contributed by atoms with Gasteiger partial charge in [-0.3, -0.25) is 0 Å². The lowest BCUT2D eigenvalue weighted by Gasteiger charge is -2.22. The third kappa shape index (κ3) is 13.8. The van der Waals surface area contributed by atoms with Gasteiger partial charge < -0.3 is 14.3 Å². The maximum atomic E-state index is 10.3. The summed E-state index contributed by atoms with van der Waals surface area (Å²) in [5.41, 5.74) is 0. The summed E-state index contributed by atoms with van der Waals surface area (Å²) in [6.07, 6.45) is 8.99. The molecule has 0 aromatic heterocycles. The van der Waals surface area contributed by atoms with E-state index in [1.165, 1.54) is 32.1 Å². The van der Waals surface area contributed by atoms with E-state index in [2.05, 4.69) is 13.8 Å². The lowest BCUT2D eigenvalue weighted by atomic mass is 9.90. The molecule has 0 aromatic rings. The molecule has 0 aromatic carbocycles. The molecule has 0 amide bonds. The summed E-state index contributed by atoms with van der Waals surface area (Å²) in [6, 6.07) is 0. The molecule has 19 heavy (non-hydrogen) atoms. The molecular formula is C16H32O3. The number of ketones is 1. The van der Waals surface area contributed by atoms with Crippen molar-refractivity contribution >= 4 is 5.78 Å². The van der Waals surface area contributed by atoms with Gasteiger partial charge in [0.15, 0.2) is 0 Å². The summed E-state index contributed by atoms with van der Waals surface area (Å²) in [5.74, 6) is 1.10. The number of carbonyl (C=O) groups excluding carboxylic acids is 1. The molecule has 1 aliphatic carbocycles. The second kappa shape index (κ2) is 12.6. The highest BCUT2D eigenvalue weighted by molar-refractivity contribution is 5.75. The third-order valence-electron chi connectivity index (χ3n) is 3.27. The number of carbonyl (C=O) groups is 1. The van der Waals surface area contributed by atoms with Crippen molar-refractivity contribution in [2.24, 2.45) is 5.92 Å². The molecule has 0 aliphatic heterocycles. The van der Waals surface area contributed by atoms with Crippen molar-refractivity contribution in [1.29, 1.82) is 0 Å². The predicted molar refractivity (Wildman–Crippen MR) is 79.5 cm³/mol. The van der Waals surface area contributed by atoms with E-state index in [0.717, 1.165) is 18.9 Å². The van der Waals surface area contributed by atoms with Gasteiger partial charge in [0.1, 0.15) is 5.78 Å². The highest BCUT2D eigenvalue weighted by Gasteiger charge is 2.13. The van der Waals surface area contributed by atoms with E-state index in [4.69, 9.17) is 9.47 Å². The Balaban J connectivity index is 0.000000362. The van der Waals surface area contributed by atoms with Gasteiger partial charge in [-0.1, -0.05) is 19.3 Å². The van der Waals surface area contributed by atoms with Crippen LogP contribution < -0.4 is 0 Å². The van der Waals surface area contributed by atoms with Crippen molar-refractivity contribution in [3.63, 3.8) is 0 Å². The fourth-order valence-corrected chi connectivity index (χ4v) is 2.15. The smallest absolute Gasteiger partial charge is 0.129 e. The van der Waals surface area contributed by atoms with Gasteiger partial charge >= 0.3 is 0 Å². The maximum Gasteiger partial charge on any atom is 0.129 e. The SMILES string of the molecule is CC(C)OCC1CCCCC1.COCCCC(C)=O. The van der Waals surface area contributed by atoms with Crippen LogP contribution in [0.4, 0.5) is 0 Å². The molecule has 1 rings (SSSR count). The van der Waals surface area contributed by atoms with Crippen LogP contribution in [0.3, 0.4) is 0 Å². The molecule has 0 spiro atoms. The minimum Gasteiger partial charge on any atom is -0.385 e. The third-order valence-corrected chi connectivity index (χ3v) is 3.27. The van der Waals surface area contributed by atoms with E-state index in [9.17, 15) is 4.79 Å². The topological polar surface area (TPSA) is 35.5 Å². The first-order valence-corrected chi connectivity index (χ1v) is 7.66. The Hall–Kier alpha value is -0.410. The summed E-state index contributed by atoms with van der Waals surface area (Å²) < 4.78 is 10.3. The number of Topliss-reactive ketones (excluding diaryl/α,β-unsaturated/α-hetero) is 1. The molecule has 1 aliphatic rings. The first-order valence-electron chi connectivity index (χ1n) is 7.66. The molecular weight excluding hydrogens is 240 g/mol. The number of hydrogen-bond donors (Lipinski definition) is 0. The van der Waals surface area contributed by atoms with Crippen LogP contribution in [-0.2, 0) is 14.3 Å². The molecule has 0 atom stereocenters. The number of ether oxygens (including phenoxy) is 2. The van der Waals surface area contributed by atoms with Gasteiger partial charge in [-0.25, -0.2) is 0 Å². The molecule has 3 nitrogen and oxygen atoms in total. The molecule has 1 saturated carbocycles. The number of methoxy groups -OCH3 is 1. The van der Waals surface area contributed by atoms with E-state index in [-0.39, 0.29) is 5.78 Å². The van der Waals surface area contributed by atoms with E-state index in [1.54, 1.807) is 14.0 Å².